The van der Waals surface area contributed by atoms with Gasteiger partial charge in [-0.3, -0.25) is 0 Å². The number of benzene rings is 2. The van der Waals surface area contributed by atoms with Gasteiger partial charge in [0.25, 0.3) is 0 Å². The zero-order valence-electron chi connectivity index (χ0n) is 18.8. The molecule has 172 valence electrons. The van der Waals surface area contributed by atoms with Crippen LogP contribution in [0, 0.1) is 11.6 Å². The SMILES string of the molecule is CC(C)(CC(C)(C)c1ccc(-c2ccc(Br)s2)c(F)c1)c1ccc(-c2ccc(Br)s2)c(F)c1. The van der Waals surface area contributed by atoms with Crippen molar-refractivity contribution >= 4 is 54.5 Å². The van der Waals surface area contributed by atoms with Crippen LogP contribution in [0.1, 0.15) is 45.2 Å². The average Bonchev–Trinajstić information content (AvgIpc) is 3.35. The fourth-order valence-corrected chi connectivity index (χ4v) is 7.33. The number of hydrogen-bond acceptors (Lipinski definition) is 2. The van der Waals surface area contributed by atoms with Crippen molar-refractivity contribution in [3.8, 4) is 20.9 Å². The van der Waals surface area contributed by atoms with Crippen LogP contribution < -0.4 is 0 Å². The Morgan fingerprint density at radius 1 is 0.636 bits per heavy atom. The van der Waals surface area contributed by atoms with Gasteiger partial charge in [0.15, 0.2) is 0 Å². The maximum Gasteiger partial charge on any atom is 0.132 e. The van der Waals surface area contributed by atoms with Crippen LogP contribution in [0.15, 0.2) is 68.2 Å². The fraction of sp³-hybridized carbons (Fsp3) is 0.259. The van der Waals surface area contributed by atoms with Gasteiger partial charge in [-0.15, -0.1) is 22.7 Å². The van der Waals surface area contributed by atoms with E-state index in [9.17, 15) is 0 Å². The molecule has 0 aliphatic heterocycles. The third-order valence-electron chi connectivity index (χ3n) is 6.06. The molecule has 4 aromatic rings. The summed E-state index contributed by atoms with van der Waals surface area (Å²) in [6, 6.07) is 18.8. The molecule has 33 heavy (non-hydrogen) atoms. The lowest BCUT2D eigenvalue weighted by atomic mass is 9.68. The highest BCUT2D eigenvalue weighted by Crippen LogP contribution is 2.42. The van der Waals surface area contributed by atoms with E-state index >= 15 is 8.78 Å². The third kappa shape index (κ3) is 5.34. The van der Waals surface area contributed by atoms with Crippen molar-refractivity contribution in [2.75, 3.05) is 0 Å². The van der Waals surface area contributed by atoms with Gasteiger partial charge in [0, 0.05) is 20.9 Å². The zero-order chi connectivity index (χ0) is 24.0. The molecular weight excluding hydrogens is 586 g/mol. The van der Waals surface area contributed by atoms with Crippen LogP contribution in [0.2, 0.25) is 0 Å². The first kappa shape index (κ1) is 24.8. The number of thiophene rings is 2. The Morgan fingerprint density at radius 3 is 1.33 bits per heavy atom. The quantitative estimate of drug-likeness (QED) is 0.204. The Morgan fingerprint density at radius 2 is 1.03 bits per heavy atom. The molecule has 0 nitrogen and oxygen atoms in total. The second-order valence-corrected chi connectivity index (χ2v) is 14.5. The summed E-state index contributed by atoms with van der Waals surface area (Å²) in [5.74, 6) is -0.435. The van der Waals surface area contributed by atoms with Gasteiger partial charge in [-0.05, 0) is 96.6 Å². The molecule has 0 saturated heterocycles. The molecule has 0 aliphatic carbocycles. The molecule has 0 spiro atoms. The zero-order valence-corrected chi connectivity index (χ0v) is 23.6. The summed E-state index contributed by atoms with van der Waals surface area (Å²) in [6.45, 7) is 8.50. The normalized spacial score (nSPS) is 12.4. The largest absolute Gasteiger partial charge is 0.206 e. The van der Waals surface area contributed by atoms with E-state index in [-0.39, 0.29) is 22.5 Å². The van der Waals surface area contributed by atoms with Crippen molar-refractivity contribution in [2.45, 2.75) is 44.9 Å². The molecule has 0 aliphatic rings. The summed E-state index contributed by atoms with van der Waals surface area (Å²) in [6.07, 6.45) is 0.743. The summed E-state index contributed by atoms with van der Waals surface area (Å²) in [4.78, 5) is 1.80. The summed E-state index contributed by atoms with van der Waals surface area (Å²) in [7, 11) is 0. The van der Waals surface area contributed by atoms with Crippen LogP contribution in [0.25, 0.3) is 20.9 Å². The van der Waals surface area contributed by atoms with Gasteiger partial charge in [-0.1, -0.05) is 52.0 Å². The predicted octanol–water partition coefficient (Wildman–Crippen LogP) is 10.6. The maximum atomic E-state index is 15.0. The lowest BCUT2D eigenvalue weighted by Gasteiger charge is -2.36. The molecular formula is C27H24Br2F2S2. The van der Waals surface area contributed by atoms with Gasteiger partial charge in [0.05, 0.1) is 7.57 Å². The van der Waals surface area contributed by atoms with Crippen molar-refractivity contribution in [2.24, 2.45) is 0 Å². The fourth-order valence-electron chi connectivity index (χ4n) is 4.50. The molecule has 0 amide bonds. The second kappa shape index (κ2) is 9.37. The van der Waals surface area contributed by atoms with Crippen LogP contribution in [0.3, 0.4) is 0 Å². The highest BCUT2D eigenvalue weighted by atomic mass is 79.9. The summed E-state index contributed by atoms with van der Waals surface area (Å²) < 4.78 is 32.0. The standard InChI is InChI=1S/C27H24Br2F2S2/c1-26(2,16-5-7-18(20(30)13-16)22-9-11-24(28)32-22)15-27(3,4)17-6-8-19(21(31)14-17)23-10-12-25(29)33-23/h5-14H,15H2,1-4H3. The minimum Gasteiger partial charge on any atom is -0.206 e. The Balaban J connectivity index is 1.59. The molecule has 4 rings (SSSR count). The first-order chi connectivity index (χ1) is 15.5. The summed E-state index contributed by atoms with van der Waals surface area (Å²) in [5.41, 5.74) is 2.50. The van der Waals surface area contributed by atoms with E-state index < -0.39 is 0 Å². The molecule has 2 aromatic heterocycles. The number of hydrogen-bond donors (Lipinski definition) is 0. The Kier molecular flexibility index (Phi) is 7.03. The molecule has 0 bridgehead atoms. The Bertz CT molecular complexity index is 1200. The van der Waals surface area contributed by atoms with Crippen molar-refractivity contribution < 1.29 is 8.78 Å². The van der Waals surface area contributed by atoms with Crippen LogP contribution in [0.5, 0.6) is 0 Å². The van der Waals surface area contributed by atoms with Gasteiger partial charge in [-0.2, -0.15) is 0 Å². The second-order valence-electron chi connectivity index (χ2n) is 9.54. The Labute approximate surface area is 219 Å². The molecule has 2 heterocycles. The summed E-state index contributed by atoms with van der Waals surface area (Å²) >= 11 is 9.93. The van der Waals surface area contributed by atoms with E-state index in [4.69, 9.17) is 0 Å². The van der Waals surface area contributed by atoms with E-state index in [0.717, 1.165) is 34.9 Å². The predicted molar refractivity (Wildman–Crippen MR) is 145 cm³/mol. The first-order valence-corrected chi connectivity index (χ1v) is 13.8. The highest BCUT2D eigenvalue weighted by molar-refractivity contribution is 9.11. The minimum absolute atomic E-state index is 0.217. The molecule has 2 aromatic carbocycles. The van der Waals surface area contributed by atoms with Crippen molar-refractivity contribution in [3.05, 3.63) is 91.0 Å². The van der Waals surface area contributed by atoms with Gasteiger partial charge in [0.2, 0.25) is 0 Å². The molecule has 0 saturated carbocycles. The first-order valence-electron chi connectivity index (χ1n) is 10.6. The lowest BCUT2D eigenvalue weighted by Crippen LogP contribution is -2.30. The van der Waals surface area contributed by atoms with E-state index in [2.05, 4.69) is 59.6 Å². The molecule has 6 heteroatoms. The van der Waals surface area contributed by atoms with E-state index in [0.29, 0.717) is 11.1 Å². The lowest BCUT2D eigenvalue weighted by molar-refractivity contribution is 0.347. The number of rotatable bonds is 6. The monoisotopic (exact) mass is 608 g/mol. The van der Waals surface area contributed by atoms with E-state index in [1.165, 1.54) is 22.7 Å². The van der Waals surface area contributed by atoms with Crippen molar-refractivity contribution in [1.29, 1.82) is 0 Å². The van der Waals surface area contributed by atoms with Crippen LogP contribution in [-0.4, -0.2) is 0 Å². The van der Waals surface area contributed by atoms with Gasteiger partial charge >= 0.3 is 0 Å². The Hall–Kier alpha value is -1.34. The highest BCUT2D eigenvalue weighted by Gasteiger charge is 2.32. The smallest absolute Gasteiger partial charge is 0.132 e. The van der Waals surface area contributed by atoms with Crippen LogP contribution in [-0.2, 0) is 10.8 Å². The summed E-state index contributed by atoms with van der Waals surface area (Å²) in [5, 5.41) is 0. The van der Waals surface area contributed by atoms with E-state index in [1.807, 2.05) is 48.5 Å². The van der Waals surface area contributed by atoms with Gasteiger partial charge in [-0.25, -0.2) is 8.78 Å². The van der Waals surface area contributed by atoms with E-state index in [1.54, 1.807) is 12.1 Å². The minimum atomic E-state index is -0.299. The van der Waals surface area contributed by atoms with Crippen molar-refractivity contribution in [1.82, 2.24) is 0 Å². The maximum absolute atomic E-state index is 15.0. The molecule has 0 fully saturated rings. The van der Waals surface area contributed by atoms with Crippen LogP contribution >= 0.6 is 54.5 Å². The van der Waals surface area contributed by atoms with Gasteiger partial charge in [0.1, 0.15) is 11.6 Å². The van der Waals surface area contributed by atoms with Crippen LogP contribution in [0.4, 0.5) is 8.78 Å². The average molecular weight is 610 g/mol. The molecule has 0 unspecified atom stereocenters. The number of halogens is 4. The molecule has 0 radical (unpaired) electrons. The van der Waals surface area contributed by atoms with Crippen molar-refractivity contribution in [3.63, 3.8) is 0 Å². The molecule has 0 N–H and O–H groups in total. The third-order valence-corrected chi connectivity index (χ3v) is 9.38. The van der Waals surface area contributed by atoms with Gasteiger partial charge < -0.3 is 0 Å². The topological polar surface area (TPSA) is 0 Å². The molecule has 0 atom stereocenters.